The van der Waals surface area contributed by atoms with Crippen molar-refractivity contribution in [3.05, 3.63) is 53.9 Å². The second-order valence-corrected chi connectivity index (χ2v) is 9.33. The monoisotopic (exact) mass is 489 g/mol. The van der Waals surface area contributed by atoms with E-state index in [4.69, 9.17) is 13.6 Å². The number of furan rings is 1. The minimum absolute atomic E-state index is 0.00705. The van der Waals surface area contributed by atoms with Crippen LogP contribution in [-0.4, -0.2) is 67.1 Å². The molecule has 2 aliphatic rings. The summed E-state index contributed by atoms with van der Waals surface area (Å²) in [5, 5.41) is 9.53. The lowest BCUT2D eigenvalue weighted by Gasteiger charge is -2.33. The summed E-state index contributed by atoms with van der Waals surface area (Å²) in [5.74, 6) is 2.35. The molecule has 0 atom stereocenters. The molecule has 0 radical (unpaired) electrons. The molecule has 4 heterocycles. The van der Waals surface area contributed by atoms with Gasteiger partial charge in [-0.25, -0.2) is 0 Å². The van der Waals surface area contributed by atoms with Crippen LogP contribution in [0.25, 0.3) is 11.7 Å². The number of piperidine rings is 1. The first-order valence-electron chi connectivity index (χ1n) is 12.5. The molecule has 1 aromatic carbocycles. The highest BCUT2D eigenvalue weighted by atomic mass is 16.5. The second-order valence-electron chi connectivity index (χ2n) is 9.33. The molecule has 0 N–H and O–H groups in total. The molecule has 2 aliphatic heterocycles. The average molecular weight is 490 g/mol. The third kappa shape index (κ3) is 5.24. The zero-order valence-corrected chi connectivity index (χ0v) is 20.6. The SMILES string of the molecule is COc1ccc(CN2CCCN(C(=O)C3CCN(c4oc(-c5ccco5)nc4C#N)CC3)CC2)cc1. The van der Waals surface area contributed by atoms with Gasteiger partial charge in [-0.15, -0.1) is 0 Å². The van der Waals surface area contributed by atoms with Gasteiger partial charge in [0.05, 0.1) is 13.4 Å². The number of nitriles is 1. The van der Waals surface area contributed by atoms with Crippen molar-refractivity contribution in [1.82, 2.24) is 14.8 Å². The lowest BCUT2D eigenvalue weighted by molar-refractivity contribution is -0.136. The van der Waals surface area contributed by atoms with Crippen molar-refractivity contribution < 1.29 is 18.4 Å². The Kier molecular flexibility index (Phi) is 7.23. The predicted octanol–water partition coefficient (Wildman–Crippen LogP) is 3.77. The van der Waals surface area contributed by atoms with Crippen molar-refractivity contribution in [2.24, 2.45) is 5.92 Å². The van der Waals surface area contributed by atoms with Crippen molar-refractivity contribution in [3.63, 3.8) is 0 Å². The molecule has 2 saturated heterocycles. The average Bonchev–Trinajstić information content (AvgIpc) is 3.55. The fourth-order valence-electron chi connectivity index (χ4n) is 5.03. The molecule has 0 unspecified atom stereocenters. The van der Waals surface area contributed by atoms with Crippen LogP contribution < -0.4 is 9.64 Å². The lowest BCUT2D eigenvalue weighted by atomic mass is 9.95. The van der Waals surface area contributed by atoms with Crippen molar-refractivity contribution in [2.75, 3.05) is 51.3 Å². The van der Waals surface area contributed by atoms with Crippen LogP contribution in [0.1, 0.15) is 30.5 Å². The number of carbonyl (C=O) groups is 1. The van der Waals surface area contributed by atoms with Crippen LogP contribution in [0.15, 0.2) is 51.5 Å². The number of hydrogen-bond donors (Lipinski definition) is 0. The Hall–Kier alpha value is -3.77. The Bertz CT molecular complexity index is 1190. The summed E-state index contributed by atoms with van der Waals surface area (Å²) in [6.07, 6.45) is 3.97. The highest BCUT2D eigenvalue weighted by molar-refractivity contribution is 5.79. The fourth-order valence-corrected chi connectivity index (χ4v) is 5.03. The van der Waals surface area contributed by atoms with Gasteiger partial charge in [-0.05, 0) is 49.1 Å². The van der Waals surface area contributed by atoms with Gasteiger partial charge in [0.2, 0.25) is 17.5 Å². The van der Waals surface area contributed by atoms with Gasteiger partial charge in [0.25, 0.3) is 5.89 Å². The number of aromatic nitrogens is 1. The van der Waals surface area contributed by atoms with E-state index >= 15 is 0 Å². The molecule has 0 spiro atoms. The number of carbonyl (C=O) groups excluding carboxylic acids is 1. The molecule has 0 bridgehead atoms. The molecule has 3 aromatic rings. The van der Waals surface area contributed by atoms with Gasteiger partial charge in [0, 0.05) is 51.7 Å². The quantitative estimate of drug-likeness (QED) is 0.516. The van der Waals surface area contributed by atoms with Crippen molar-refractivity contribution >= 4 is 11.8 Å². The van der Waals surface area contributed by atoms with Gasteiger partial charge in [-0.2, -0.15) is 10.2 Å². The summed E-state index contributed by atoms with van der Waals surface area (Å²) < 4.78 is 16.5. The van der Waals surface area contributed by atoms with E-state index in [2.05, 4.69) is 28.1 Å². The Labute approximate surface area is 210 Å². The van der Waals surface area contributed by atoms with Crippen molar-refractivity contribution in [3.8, 4) is 23.5 Å². The van der Waals surface area contributed by atoms with Gasteiger partial charge in [0.1, 0.15) is 11.8 Å². The molecule has 188 valence electrons. The highest BCUT2D eigenvalue weighted by Crippen LogP contribution is 2.31. The first-order valence-corrected chi connectivity index (χ1v) is 12.5. The minimum Gasteiger partial charge on any atom is -0.497 e. The number of ether oxygens (including phenoxy) is 1. The number of oxazole rings is 1. The topological polar surface area (TPSA) is 99.0 Å². The number of benzene rings is 1. The molecule has 1 amide bonds. The largest absolute Gasteiger partial charge is 0.497 e. The number of amides is 1. The molecule has 2 aromatic heterocycles. The lowest BCUT2D eigenvalue weighted by Crippen LogP contribution is -2.44. The summed E-state index contributed by atoms with van der Waals surface area (Å²) >= 11 is 0. The van der Waals surface area contributed by atoms with Crippen LogP contribution in [0.4, 0.5) is 5.88 Å². The smallest absolute Gasteiger partial charge is 0.266 e. The third-order valence-corrected chi connectivity index (χ3v) is 7.04. The number of hydrogen-bond acceptors (Lipinski definition) is 8. The molecular formula is C27H31N5O4. The highest BCUT2D eigenvalue weighted by Gasteiger charge is 2.32. The molecular weight excluding hydrogens is 458 g/mol. The number of anilines is 1. The van der Waals surface area contributed by atoms with E-state index in [-0.39, 0.29) is 17.5 Å². The molecule has 0 saturated carbocycles. The van der Waals surface area contributed by atoms with Crippen LogP contribution in [0, 0.1) is 17.2 Å². The first kappa shape index (κ1) is 23.9. The molecule has 0 aliphatic carbocycles. The maximum Gasteiger partial charge on any atom is 0.266 e. The molecule has 5 rings (SSSR count). The maximum atomic E-state index is 13.3. The maximum absolute atomic E-state index is 13.3. The van der Waals surface area contributed by atoms with E-state index in [1.165, 1.54) is 5.56 Å². The Morgan fingerprint density at radius 2 is 1.92 bits per heavy atom. The van der Waals surface area contributed by atoms with Crippen LogP contribution in [-0.2, 0) is 11.3 Å². The predicted molar refractivity (Wildman–Crippen MR) is 133 cm³/mol. The molecule has 9 nitrogen and oxygen atoms in total. The van der Waals surface area contributed by atoms with Gasteiger partial charge >= 0.3 is 0 Å². The van der Waals surface area contributed by atoms with E-state index in [0.717, 1.165) is 57.7 Å². The summed E-state index contributed by atoms with van der Waals surface area (Å²) in [7, 11) is 1.68. The van der Waals surface area contributed by atoms with E-state index in [1.807, 2.05) is 21.9 Å². The molecule has 9 heteroatoms. The van der Waals surface area contributed by atoms with Crippen LogP contribution in [0.2, 0.25) is 0 Å². The fraction of sp³-hybridized carbons (Fsp3) is 0.444. The van der Waals surface area contributed by atoms with Crippen molar-refractivity contribution in [1.29, 1.82) is 5.26 Å². The van der Waals surface area contributed by atoms with Crippen LogP contribution in [0.5, 0.6) is 5.75 Å². The Balaban J connectivity index is 1.14. The molecule has 2 fully saturated rings. The number of rotatable bonds is 6. The summed E-state index contributed by atoms with van der Waals surface area (Å²) in [4.78, 5) is 24.1. The second kappa shape index (κ2) is 10.9. The van der Waals surface area contributed by atoms with E-state index < -0.39 is 0 Å². The Morgan fingerprint density at radius 1 is 1.11 bits per heavy atom. The summed E-state index contributed by atoms with van der Waals surface area (Å²) in [5.41, 5.74) is 1.50. The number of methoxy groups -OCH3 is 1. The normalized spacial score (nSPS) is 17.6. The van der Waals surface area contributed by atoms with E-state index in [0.29, 0.717) is 30.6 Å². The van der Waals surface area contributed by atoms with Crippen LogP contribution in [0.3, 0.4) is 0 Å². The Morgan fingerprint density at radius 3 is 2.61 bits per heavy atom. The minimum atomic E-state index is -0.00705. The zero-order chi connectivity index (χ0) is 24.9. The zero-order valence-electron chi connectivity index (χ0n) is 20.6. The van der Waals surface area contributed by atoms with Gasteiger partial charge in [-0.1, -0.05) is 12.1 Å². The molecule has 36 heavy (non-hydrogen) atoms. The number of nitrogens with zero attached hydrogens (tertiary/aromatic N) is 5. The first-order chi connectivity index (χ1) is 17.6. The summed E-state index contributed by atoms with van der Waals surface area (Å²) in [6, 6.07) is 13.8. The van der Waals surface area contributed by atoms with Gasteiger partial charge in [0.15, 0.2) is 5.76 Å². The summed E-state index contributed by atoms with van der Waals surface area (Å²) in [6.45, 7) is 5.58. The third-order valence-electron chi connectivity index (χ3n) is 7.04. The standard InChI is InChI=1S/C27H31N5O4/c1-34-22-7-5-20(6-8-22)19-30-11-3-12-31(16-15-30)26(33)21-9-13-32(14-10-21)27-23(18-28)29-25(36-27)24-4-2-17-35-24/h2,4-8,17,21H,3,9-16,19H2,1H3. The van der Waals surface area contributed by atoms with E-state index in [1.54, 1.807) is 25.5 Å². The van der Waals surface area contributed by atoms with Gasteiger partial charge < -0.3 is 23.4 Å². The van der Waals surface area contributed by atoms with Gasteiger partial charge in [-0.3, -0.25) is 9.69 Å². The van der Waals surface area contributed by atoms with E-state index in [9.17, 15) is 10.1 Å². The van der Waals surface area contributed by atoms with Crippen LogP contribution >= 0.6 is 0 Å². The van der Waals surface area contributed by atoms with Crippen molar-refractivity contribution in [2.45, 2.75) is 25.8 Å².